The number of nitrogens with zero attached hydrogens (tertiary/aromatic N) is 3. The highest BCUT2D eigenvalue weighted by Crippen LogP contribution is 2.19. The van der Waals surface area contributed by atoms with Crippen molar-refractivity contribution in [3.8, 4) is 0 Å². The van der Waals surface area contributed by atoms with Gasteiger partial charge in [0, 0.05) is 37.5 Å². The molecule has 1 N–H and O–H groups in total. The fourth-order valence-corrected chi connectivity index (χ4v) is 1.92. The van der Waals surface area contributed by atoms with E-state index in [0.29, 0.717) is 17.1 Å². The van der Waals surface area contributed by atoms with Crippen LogP contribution in [-0.2, 0) is 0 Å². The van der Waals surface area contributed by atoms with Crippen LogP contribution in [0.5, 0.6) is 0 Å². The van der Waals surface area contributed by atoms with Crippen LogP contribution < -0.4 is 10.2 Å². The van der Waals surface area contributed by atoms with Crippen molar-refractivity contribution in [1.82, 2.24) is 4.98 Å². The predicted octanol–water partition coefficient (Wildman–Crippen LogP) is 2.96. The van der Waals surface area contributed by atoms with Gasteiger partial charge in [-0.25, -0.2) is 4.98 Å². The molecule has 114 valence electrons. The highest BCUT2D eigenvalue weighted by Gasteiger charge is 2.11. The zero-order valence-electron chi connectivity index (χ0n) is 11.9. The van der Waals surface area contributed by atoms with E-state index >= 15 is 0 Å². The standard InChI is InChI=1S/C14H13ClN4O3/c1-18(2)13-8-9(7-12(15)17-13)14(20)16-10-3-5-11(6-4-10)19(21)22/h3-8H,1-2H3,(H,16,20). The normalized spacial score (nSPS) is 10.1. The molecule has 0 aliphatic rings. The number of pyridine rings is 1. The number of nitro benzene ring substituents is 1. The van der Waals surface area contributed by atoms with E-state index in [9.17, 15) is 14.9 Å². The molecule has 0 unspecified atom stereocenters. The summed E-state index contributed by atoms with van der Waals surface area (Å²) in [6.45, 7) is 0. The molecule has 1 aromatic heterocycles. The lowest BCUT2D eigenvalue weighted by atomic mass is 10.2. The lowest BCUT2D eigenvalue weighted by Gasteiger charge is -2.13. The number of aromatic nitrogens is 1. The number of anilines is 2. The first kappa shape index (κ1) is 15.7. The van der Waals surface area contributed by atoms with Crippen molar-refractivity contribution in [3.05, 3.63) is 57.2 Å². The SMILES string of the molecule is CN(C)c1cc(C(=O)Nc2ccc([N+](=O)[O-])cc2)cc(Cl)n1. The summed E-state index contributed by atoms with van der Waals surface area (Å²) in [6.07, 6.45) is 0. The maximum absolute atomic E-state index is 12.2. The zero-order valence-corrected chi connectivity index (χ0v) is 12.7. The highest BCUT2D eigenvalue weighted by molar-refractivity contribution is 6.30. The lowest BCUT2D eigenvalue weighted by Crippen LogP contribution is -2.15. The van der Waals surface area contributed by atoms with Gasteiger partial charge in [-0.3, -0.25) is 14.9 Å². The monoisotopic (exact) mass is 320 g/mol. The predicted molar refractivity (Wildman–Crippen MR) is 84.6 cm³/mol. The van der Waals surface area contributed by atoms with Crippen LogP contribution in [0.1, 0.15) is 10.4 Å². The number of carbonyl (C=O) groups excluding carboxylic acids is 1. The molecule has 0 bridgehead atoms. The first-order valence-corrected chi connectivity index (χ1v) is 6.65. The number of hydrogen-bond acceptors (Lipinski definition) is 5. The Bertz CT molecular complexity index is 717. The van der Waals surface area contributed by atoms with Crippen LogP contribution in [0.2, 0.25) is 5.15 Å². The fraction of sp³-hybridized carbons (Fsp3) is 0.143. The minimum absolute atomic E-state index is 0.0418. The van der Waals surface area contributed by atoms with Gasteiger partial charge in [-0.2, -0.15) is 0 Å². The molecule has 1 amide bonds. The number of benzene rings is 1. The van der Waals surface area contributed by atoms with Crippen LogP contribution in [0.25, 0.3) is 0 Å². The van der Waals surface area contributed by atoms with E-state index in [0.717, 1.165) is 0 Å². The molecule has 0 spiro atoms. The molecule has 0 aliphatic heterocycles. The molecule has 0 fully saturated rings. The van der Waals surface area contributed by atoms with E-state index in [1.807, 2.05) is 0 Å². The Kier molecular flexibility index (Phi) is 4.57. The molecule has 0 saturated heterocycles. The smallest absolute Gasteiger partial charge is 0.269 e. The van der Waals surface area contributed by atoms with Crippen molar-refractivity contribution < 1.29 is 9.72 Å². The molecular weight excluding hydrogens is 308 g/mol. The second-order valence-corrected chi connectivity index (χ2v) is 5.08. The largest absolute Gasteiger partial charge is 0.363 e. The molecule has 22 heavy (non-hydrogen) atoms. The van der Waals surface area contributed by atoms with Crippen LogP contribution >= 0.6 is 11.6 Å². The summed E-state index contributed by atoms with van der Waals surface area (Å²) in [5, 5.41) is 13.4. The lowest BCUT2D eigenvalue weighted by molar-refractivity contribution is -0.384. The van der Waals surface area contributed by atoms with E-state index in [-0.39, 0.29) is 16.7 Å². The third kappa shape index (κ3) is 3.70. The first-order valence-electron chi connectivity index (χ1n) is 6.27. The Hall–Kier alpha value is -2.67. The Labute approximate surface area is 131 Å². The van der Waals surface area contributed by atoms with Gasteiger partial charge in [-0.1, -0.05) is 11.6 Å². The van der Waals surface area contributed by atoms with E-state index in [1.165, 1.54) is 30.3 Å². The van der Waals surface area contributed by atoms with Crippen LogP contribution in [0.15, 0.2) is 36.4 Å². The number of carbonyl (C=O) groups is 1. The van der Waals surface area contributed by atoms with Crippen molar-refractivity contribution in [2.45, 2.75) is 0 Å². The average molecular weight is 321 g/mol. The quantitative estimate of drug-likeness (QED) is 0.531. The Morgan fingerprint density at radius 3 is 2.45 bits per heavy atom. The number of halogens is 1. The van der Waals surface area contributed by atoms with Gasteiger partial charge in [0.1, 0.15) is 11.0 Å². The number of nitrogens with one attached hydrogen (secondary N) is 1. The summed E-state index contributed by atoms with van der Waals surface area (Å²) < 4.78 is 0. The molecule has 2 rings (SSSR count). The summed E-state index contributed by atoms with van der Waals surface area (Å²) in [7, 11) is 3.58. The number of amides is 1. The van der Waals surface area contributed by atoms with Gasteiger partial charge in [-0.15, -0.1) is 0 Å². The third-order valence-electron chi connectivity index (χ3n) is 2.84. The van der Waals surface area contributed by atoms with Crippen LogP contribution in [0, 0.1) is 10.1 Å². The van der Waals surface area contributed by atoms with E-state index in [1.54, 1.807) is 25.1 Å². The highest BCUT2D eigenvalue weighted by atomic mass is 35.5. The van der Waals surface area contributed by atoms with Crippen molar-refractivity contribution >= 4 is 34.7 Å². The molecule has 0 saturated carbocycles. The molecule has 7 nitrogen and oxygen atoms in total. The summed E-state index contributed by atoms with van der Waals surface area (Å²) >= 11 is 5.90. The maximum atomic E-state index is 12.2. The Morgan fingerprint density at radius 2 is 1.91 bits per heavy atom. The van der Waals surface area contributed by atoms with Crippen LogP contribution in [0.3, 0.4) is 0 Å². The van der Waals surface area contributed by atoms with Gasteiger partial charge < -0.3 is 10.2 Å². The third-order valence-corrected chi connectivity index (χ3v) is 3.03. The summed E-state index contributed by atoms with van der Waals surface area (Å²) in [6, 6.07) is 8.63. The molecule has 0 aliphatic carbocycles. The molecule has 1 heterocycles. The van der Waals surface area contributed by atoms with E-state index in [4.69, 9.17) is 11.6 Å². The summed E-state index contributed by atoms with van der Waals surface area (Å²) in [4.78, 5) is 28.1. The van der Waals surface area contributed by atoms with Gasteiger partial charge in [0.05, 0.1) is 4.92 Å². The van der Waals surface area contributed by atoms with E-state index < -0.39 is 4.92 Å². The van der Waals surface area contributed by atoms with Gasteiger partial charge in [0.2, 0.25) is 0 Å². The average Bonchev–Trinajstić information content (AvgIpc) is 2.47. The second-order valence-electron chi connectivity index (χ2n) is 4.69. The minimum Gasteiger partial charge on any atom is -0.363 e. The van der Waals surface area contributed by atoms with Gasteiger partial charge in [0.15, 0.2) is 0 Å². The molecule has 8 heteroatoms. The fourth-order valence-electron chi connectivity index (χ4n) is 1.71. The Morgan fingerprint density at radius 1 is 1.27 bits per heavy atom. The zero-order chi connectivity index (χ0) is 16.3. The van der Waals surface area contributed by atoms with Gasteiger partial charge in [0.25, 0.3) is 11.6 Å². The number of hydrogen-bond donors (Lipinski definition) is 1. The number of nitro groups is 1. The topological polar surface area (TPSA) is 88.4 Å². The minimum atomic E-state index is -0.502. The maximum Gasteiger partial charge on any atom is 0.269 e. The number of non-ortho nitro benzene ring substituents is 1. The molecule has 0 atom stereocenters. The van der Waals surface area contributed by atoms with Crippen LogP contribution in [0.4, 0.5) is 17.2 Å². The van der Waals surface area contributed by atoms with Crippen molar-refractivity contribution in [2.24, 2.45) is 0 Å². The second kappa shape index (κ2) is 6.40. The van der Waals surface area contributed by atoms with Crippen molar-refractivity contribution in [3.63, 3.8) is 0 Å². The van der Waals surface area contributed by atoms with Crippen LogP contribution in [-0.4, -0.2) is 29.9 Å². The van der Waals surface area contributed by atoms with E-state index in [2.05, 4.69) is 10.3 Å². The first-order chi connectivity index (χ1) is 10.4. The van der Waals surface area contributed by atoms with Gasteiger partial charge >= 0.3 is 0 Å². The number of rotatable bonds is 4. The molecule has 2 aromatic rings. The van der Waals surface area contributed by atoms with Crippen molar-refractivity contribution in [1.29, 1.82) is 0 Å². The van der Waals surface area contributed by atoms with Gasteiger partial charge in [-0.05, 0) is 24.3 Å². The van der Waals surface area contributed by atoms with Crippen molar-refractivity contribution in [2.75, 3.05) is 24.3 Å². The Balaban J connectivity index is 2.20. The summed E-state index contributed by atoms with van der Waals surface area (Å²) in [5.41, 5.74) is 0.761. The molecule has 1 aromatic carbocycles. The molecular formula is C14H13ClN4O3. The molecule has 0 radical (unpaired) electrons. The summed E-state index contributed by atoms with van der Waals surface area (Å²) in [5.74, 6) is 0.183.